The smallest absolute Gasteiger partial charge is 0.372 e. The summed E-state index contributed by atoms with van der Waals surface area (Å²) in [7, 11) is 0. The molecule has 0 saturated heterocycles. The highest BCUT2D eigenvalue weighted by Crippen LogP contribution is 2.26. The molecule has 0 atom stereocenters. The molecule has 1 N–H and O–H groups in total. The van der Waals surface area contributed by atoms with Gasteiger partial charge in [-0.1, -0.05) is 11.6 Å². The first kappa shape index (κ1) is 13.4. The molecule has 0 spiro atoms. The first-order valence-electron chi connectivity index (χ1n) is 5.38. The summed E-state index contributed by atoms with van der Waals surface area (Å²) in [6.07, 6.45) is 0. The minimum atomic E-state index is -1.14. The van der Waals surface area contributed by atoms with E-state index in [1.54, 1.807) is 13.0 Å². The van der Waals surface area contributed by atoms with Gasteiger partial charge >= 0.3 is 5.97 Å². The zero-order valence-corrected chi connectivity index (χ0v) is 10.7. The molecule has 0 amide bonds. The van der Waals surface area contributed by atoms with Crippen LogP contribution < -0.4 is 4.74 Å². The van der Waals surface area contributed by atoms with Gasteiger partial charge in [-0.2, -0.15) is 0 Å². The summed E-state index contributed by atoms with van der Waals surface area (Å²) in [4.78, 5) is 10.8. The maximum Gasteiger partial charge on any atom is 0.372 e. The monoisotopic (exact) mass is 284 g/mol. The molecule has 100 valence electrons. The second-order valence-corrected chi connectivity index (χ2v) is 4.30. The van der Waals surface area contributed by atoms with Gasteiger partial charge in [0.05, 0.1) is 5.02 Å². The second-order valence-electron chi connectivity index (χ2n) is 3.89. The van der Waals surface area contributed by atoms with Crippen molar-refractivity contribution in [3.8, 4) is 5.75 Å². The Kier molecular flexibility index (Phi) is 3.76. The summed E-state index contributed by atoms with van der Waals surface area (Å²) in [5, 5.41) is 8.98. The molecule has 6 heteroatoms. The summed E-state index contributed by atoms with van der Waals surface area (Å²) in [6.45, 7) is 1.64. The number of rotatable bonds is 4. The van der Waals surface area contributed by atoms with Gasteiger partial charge < -0.3 is 14.3 Å². The fourth-order valence-electron chi connectivity index (χ4n) is 1.57. The Balaban J connectivity index is 2.10. The van der Waals surface area contributed by atoms with Crippen LogP contribution in [0.3, 0.4) is 0 Å². The van der Waals surface area contributed by atoms with Gasteiger partial charge in [-0.25, -0.2) is 9.18 Å². The van der Waals surface area contributed by atoms with Gasteiger partial charge in [-0.05, 0) is 31.2 Å². The molecule has 1 heterocycles. The molecule has 2 aromatic rings. The normalized spacial score (nSPS) is 10.5. The Morgan fingerprint density at radius 3 is 2.79 bits per heavy atom. The van der Waals surface area contributed by atoms with Crippen molar-refractivity contribution >= 4 is 17.6 Å². The highest BCUT2D eigenvalue weighted by atomic mass is 35.5. The minimum Gasteiger partial charge on any atom is -0.484 e. The van der Waals surface area contributed by atoms with Gasteiger partial charge in [0.1, 0.15) is 23.9 Å². The molecule has 0 saturated carbocycles. The van der Waals surface area contributed by atoms with E-state index >= 15 is 0 Å². The first-order chi connectivity index (χ1) is 8.97. The molecule has 4 nitrogen and oxygen atoms in total. The van der Waals surface area contributed by atoms with Crippen molar-refractivity contribution < 1.29 is 23.4 Å². The van der Waals surface area contributed by atoms with Crippen molar-refractivity contribution in [2.75, 3.05) is 0 Å². The van der Waals surface area contributed by atoms with Gasteiger partial charge in [0.2, 0.25) is 5.76 Å². The van der Waals surface area contributed by atoms with Crippen molar-refractivity contribution in [1.29, 1.82) is 0 Å². The Hall–Kier alpha value is -2.01. The van der Waals surface area contributed by atoms with E-state index in [1.807, 2.05) is 0 Å². The molecule has 0 aliphatic rings. The number of aryl methyl sites for hydroxylation is 1. The number of furan rings is 1. The Morgan fingerprint density at radius 1 is 1.47 bits per heavy atom. The van der Waals surface area contributed by atoms with Crippen LogP contribution >= 0.6 is 11.6 Å². The van der Waals surface area contributed by atoms with Crippen molar-refractivity contribution in [3.63, 3.8) is 0 Å². The topological polar surface area (TPSA) is 59.7 Å². The van der Waals surface area contributed by atoms with Crippen LogP contribution in [-0.2, 0) is 6.61 Å². The van der Waals surface area contributed by atoms with Crippen LogP contribution in [0.25, 0.3) is 0 Å². The predicted octanol–water partition coefficient (Wildman–Crippen LogP) is 3.66. The Bertz CT molecular complexity index is 621. The van der Waals surface area contributed by atoms with Crippen LogP contribution in [0.1, 0.15) is 21.9 Å². The second kappa shape index (κ2) is 5.32. The summed E-state index contributed by atoms with van der Waals surface area (Å²) in [5.74, 6) is -1.06. The van der Waals surface area contributed by atoms with Crippen LogP contribution in [0, 0.1) is 12.7 Å². The van der Waals surface area contributed by atoms with E-state index in [1.165, 1.54) is 12.1 Å². The molecule has 0 aliphatic carbocycles. The first-order valence-corrected chi connectivity index (χ1v) is 5.75. The van der Waals surface area contributed by atoms with Gasteiger partial charge in [0, 0.05) is 5.56 Å². The molecule has 0 fully saturated rings. The summed E-state index contributed by atoms with van der Waals surface area (Å²) in [6, 6.07) is 5.32. The Labute approximate surface area is 113 Å². The minimum absolute atomic E-state index is 0.0134. The van der Waals surface area contributed by atoms with Crippen LogP contribution in [0.4, 0.5) is 4.39 Å². The van der Waals surface area contributed by atoms with Gasteiger partial charge in [0.25, 0.3) is 0 Å². The van der Waals surface area contributed by atoms with Gasteiger partial charge in [-0.3, -0.25) is 0 Å². The van der Waals surface area contributed by atoms with Crippen molar-refractivity contribution in [3.05, 3.63) is 52.2 Å². The average Bonchev–Trinajstić information content (AvgIpc) is 2.69. The van der Waals surface area contributed by atoms with E-state index in [0.29, 0.717) is 17.1 Å². The van der Waals surface area contributed by atoms with Gasteiger partial charge in [0.15, 0.2) is 0 Å². The zero-order valence-electron chi connectivity index (χ0n) is 9.94. The molecular formula is C13H10ClFO4. The molecular weight excluding hydrogens is 275 g/mol. The molecule has 1 aromatic heterocycles. The lowest BCUT2D eigenvalue weighted by atomic mass is 10.2. The van der Waals surface area contributed by atoms with Crippen LogP contribution in [0.2, 0.25) is 5.02 Å². The molecule has 19 heavy (non-hydrogen) atoms. The summed E-state index contributed by atoms with van der Waals surface area (Å²) in [5.41, 5.74) is 0.510. The third-order valence-electron chi connectivity index (χ3n) is 2.43. The Morgan fingerprint density at radius 2 is 2.21 bits per heavy atom. The highest BCUT2D eigenvalue weighted by Gasteiger charge is 2.14. The zero-order chi connectivity index (χ0) is 14.0. The average molecular weight is 285 g/mol. The van der Waals surface area contributed by atoms with E-state index < -0.39 is 11.8 Å². The number of carbonyl (C=O) groups is 1. The van der Waals surface area contributed by atoms with E-state index in [2.05, 4.69) is 0 Å². The molecule has 2 rings (SSSR count). The standard InChI is InChI=1S/C13H10ClFO4/c1-7-4-9(19-12(7)13(16)17)6-18-11-3-2-8(15)5-10(11)14/h2-5H,6H2,1H3,(H,16,17). The maximum absolute atomic E-state index is 12.8. The lowest BCUT2D eigenvalue weighted by Gasteiger charge is -2.05. The lowest BCUT2D eigenvalue weighted by molar-refractivity contribution is 0.0657. The number of halogens is 2. The predicted molar refractivity (Wildman–Crippen MR) is 66.1 cm³/mol. The third kappa shape index (κ3) is 3.06. The van der Waals surface area contributed by atoms with Gasteiger partial charge in [-0.15, -0.1) is 0 Å². The maximum atomic E-state index is 12.8. The van der Waals surface area contributed by atoms with E-state index in [9.17, 15) is 9.18 Å². The van der Waals surface area contributed by atoms with Crippen molar-refractivity contribution in [2.45, 2.75) is 13.5 Å². The number of ether oxygens (including phenoxy) is 1. The molecule has 0 unspecified atom stereocenters. The number of hydrogen-bond donors (Lipinski definition) is 1. The number of carboxylic acid groups (broad SMARTS) is 1. The van der Waals surface area contributed by atoms with Crippen molar-refractivity contribution in [2.24, 2.45) is 0 Å². The number of carboxylic acids is 1. The molecule has 0 aliphatic heterocycles. The van der Waals surface area contributed by atoms with Crippen LogP contribution in [-0.4, -0.2) is 11.1 Å². The fraction of sp³-hybridized carbons (Fsp3) is 0.154. The van der Waals surface area contributed by atoms with E-state index in [4.69, 9.17) is 25.9 Å². The van der Waals surface area contributed by atoms with Crippen molar-refractivity contribution in [1.82, 2.24) is 0 Å². The fourth-order valence-corrected chi connectivity index (χ4v) is 1.79. The molecule has 0 radical (unpaired) electrons. The van der Waals surface area contributed by atoms with E-state index in [0.717, 1.165) is 6.07 Å². The summed E-state index contributed by atoms with van der Waals surface area (Å²) >= 11 is 5.79. The molecule has 0 bridgehead atoms. The quantitative estimate of drug-likeness (QED) is 0.931. The largest absolute Gasteiger partial charge is 0.484 e. The highest BCUT2D eigenvalue weighted by molar-refractivity contribution is 6.32. The SMILES string of the molecule is Cc1cc(COc2ccc(F)cc2Cl)oc1C(=O)O. The van der Waals surface area contributed by atoms with Crippen LogP contribution in [0.15, 0.2) is 28.7 Å². The third-order valence-corrected chi connectivity index (χ3v) is 2.72. The molecule has 1 aromatic carbocycles. The number of aromatic carboxylic acids is 1. The number of benzene rings is 1. The van der Waals surface area contributed by atoms with Crippen LogP contribution in [0.5, 0.6) is 5.75 Å². The summed E-state index contributed by atoms with van der Waals surface area (Å²) < 4.78 is 23.3. The number of hydrogen-bond acceptors (Lipinski definition) is 3. The lowest BCUT2D eigenvalue weighted by Crippen LogP contribution is -1.96. The van der Waals surface area contributed by atoms with E-state index in [-0.39, 0.29) is 17.4 Å².